The summed E-state index contributed by atoms with van der Waals surface area (Å²) in [5.41, 5.74) is 0. The average Bonchev–Trinajstić information content (AvgIpc) is 1.37. The first kappa shape index (κ1) is 3.47. The van der Waals surface area contributed by atoms with Gasteiger partial charge >= 0.3 is 0 Å². The zero-order valence-corrected chi connectivity index (χ0v) is 2.60. The molecule has 0 heterocycles. The summed E-state index contributed by atoms with van der Waals surface area (Å²) >= 11 is 0. The summed E-state index contributed by atoms with van der Waals surface area (Å²) in [6.07, 6.45) is 1.53. The number of hydrogen-bond donors (Lipinski definition) is 1. The van der Waals surface area contributed by atoms with E-state index in [1.807, 2.05) is 0 Å². The van der Waals surface area contributed by atoms with Crippen LogP contribution in [0, 0.1) is 0 Å². The van der Waals surface area contributed by atoms with Gasteiger partial charge in [-0.15, -0.1) is 0 Å². The molecule has 0 bridgehead atoms. The first-order valence-corrected chi connectivity index (χ1v) is 1.09. The highest BCUT2D eigenvalue weighted by atomic mass is 15.1. The molecule has 0 amide bonds. The molecular weight excluding hydrogens is 52.0 g/mol. The van der Waals surface area contributed by atoms with E-state index < -0.39 is 0 Å². The molecule has 2 nitrogen and oxygen atoms in total. The third-order valence-electron chi connectivity index (χ3n) is 0.149. The predicted octanol–water partition coefficient (Wildman–Crippen LogP) is -0.0492. The summed E-state index contributed by atoms with van der Waals surface area (Å²) in [7, 11) is 0. The number of hydrazone groups is 1. The second-order valence-corrected chi connectivity index (χ2v) is 0.407. The summed E-state index contributed by atoms with van der Waals surface area (Å²) < 4.78 is 0. The Bertz CT molecular complexity index is 19.2. The van der Waals surface area contributed by atoms with Gasteiger partial charge in [0.05, 0.1) is 0 Å². The molecule has 24 valence electrons. The molecule has 0 aliphatic rings. The van der Waals surface area contributed by atoms with Crippen molar-refractivity contribution in [2.75, 3.05) is 0 Å². The molecule has 0 radical (unpaired) electrons. The standard InChI is InChI=1S/C2H6N2/c1-2-4-3/h2H,3H2,1H3/b4-2+. The molecule has 2 N–H and O–H groups in total. The van der Waals surface area contributed by atoms with Crippen molar-refractivity contribution < 1.29 is 0 Å². The van der Waals surface area contributed by atoms with E-state index >= 15 is 0 Å². The third-order valence-corrected chi connectivity index (χ3v) is 0.149. The lowest BCUT2D eigenvalue weighted by Gasteiger charge is -1.55. The quantitative estimate of drug-likeness (QED) is 0.237. The molecule has 0 saturated carbocycles. The Kier molecular flexibility index (Phi) is 2.14. The Hall–Kier alpha value is -0.530. The summed E-state index contributed by atoms with van der Waals surface area (Å²) in [6, 6.07) is 0. The fourth-order valence-electron chi connectivity index (χ4n) is 0. The molecule has 0 unspecified atom stereocenters. The Balaban J connectivity index is 2.55. The van der Waals surface area contributed by atoms with Crippen molar-refractivity contribution >= 4 is 6.21 Å². The zero-order valence-electron chi connectivity index (χ0n) is 2.60. The van der Waals surface area contributed by atoms with Crippen molar-refractivity contribution in [1.82, 2.24) is 0 Å². The van der Waals surface area contributed by atoms with Crippen LogP contribution in [-0.2, 0) is 0 Å². The van der Waals surface area contributed by atoms with Crippen molar-refractivity contribution in [1.29, 1.82) is 0 Å². The smallest absolute Gasteiger partial charge is 0.0209 e. The van der Waals surface area contributed by atoms with E-state index in [1.54, 1.807) is 6.92 Å². The molecule has 0 aliphatic carbocycles. The minimum Gasteiger partial charge on any atom is -0.324 e. The van der Waals surface area contributed by atoms with Gasteiger partial charge in [0, 0.05) is 6.21 Å². The highest BCUT2D eigenvalue weighted by molar-refractivity contribution is 5.52. The molecule has 0 rings (SSSR count). The first-order chi connectivity index (χ1) is 1.91. The van der Waals surface area contributed by atoms with E-state index in [2.05, 4.69) is 10.9 Å². The van der Waals surface area contributed by atoms with Gasteiger partial charge < -0.3 is 5.84 Å². The summed E-state index contributed by atoms with van der Waals surface area (Å²) in [5.74, 6) is 4.60. The van der Waals surface area contributed by atoms with Gasteiger partial charge in [0.25, 0.3) is 0 Å². The molecule has 0 atom stereocenters. The van der Waals surface area contributed by atoms with Crippen LogP contribution in [-0.4, -0.2) is 6.21 Å². The van der Waals surface area contributed by atoms with Crippen molar-refractivity contribution in [3.8, 4) is 0 Å². The number of hydrogen-bond acceptors (Lipinski definition) is 2. The lowest BCUT2D eigenvalue weighted by molar-refractivity contribution is 1.26. The van der Waals surface area contributed by atoms with E-state index in [0.717, 1.165) is 0 Å². The van der Waals surface area contributed by atoms with Gasteiger partial charge in [0.1, 0.15) is 0 Å². The maximum absolute atomic E-state index is 4.60. The minimum atomic E-state index is 1.53. The fourth-order valence-corrected chi connectivity index (χ4v) is 0. The molecule has 4 heavy (non-hydrogen) atoms. The van der Waals surface area contributed by atoms with Crippen molar-refractivity contribution in [3.63, 3.8) is 0 Å². The van der Waals surface area contributed by atoms with Gasteiger partial charge in [-0.25, -0.2) is 0 Å². The third kappa shape index (κ3) is 1.47. The van der Waals surface area contributed by atoms with E-state index in [-0.39, 0.29) is 0 Å². The Morgan fingerprint density at radius 2 is 2.25 bits per heavy atom. The van der Waals surface area contributed by atoms with Gasteiger partial charge in [0.2, 0.25) is 0 Å². The van der Waals surface area contributed by atoms with Gasteiger partial charge in [-0.2, -0.15) is 5.10 Å². The fraction of sp³-hybridized carbons (Fsp3) is 0.500. The summed E-state index contributed by atoms with van der Waals surface area (Å²) in [5, 5.41) is 3.11. The molecule has 0 aromatic rings. The van der Waals surface area contributed by atoms with Crippen molar-refractivity contribution in [2.45, 2.75) is 6.92 Å². The van der Waals surface area contributed by atoms with Crippen LogP contribution < -0.4 is 5.84 Å². The largest absolute Gasteiger partial charge is 0.324 e. The van der Waals surface area contributed by atoms with Gasteiger partial charge in [-0.05, 0) is 6.92 Å². The number of nitrogens with zero attached hydrogens (tertiary/aromatic N) is 1. The highest BCUT2D eigenvalue weighted by Gasteiger charge is 1.32. The van der Waals surface area contributed by atoms with Crippen LogP contribution in [0.3, 0.4) is 0 Å². The molecule has 2 heteroatoms. The maximum atomic E-state index is 4.60. The number of nitrogens with two attached hydrogens (primary N) is 1. The molecule has 0 saturated heterocycles. The Morgan fingerprint density at radius 1 is 2.00 bits per heavy atom. The van der Waals surface area contributed by atoms with Crippen LogP contribution in [0.2, 0.25) is 0 Å². The Labute approximate surface area is 25.3 Å². The monoisotopic (exact) mass is 58.1 g/mol. The van der Waals surface area contributed by atoms with E-state index in [0.29, 0.717) is 0 Å². The highest BCUT2D eigenvalue weighted by Crippen LogP contribution is 1.31. The second kappa shape index (κ2) is 2.47. The van der Waals surface area contributed by atoms with Gasteiger partial charge in [-0.1, -0.05) is 0 Å². The van der Waals surface area contributed by atoms with Crippen molar-refractivity contribution in [3.05, 3.63) is 0 Å². The van der Waals surface area contributed by atoms with Crippen LogP contribution in [0.5, 0.6) is 0 Å². The lowest BCUT2D eigenvalue weighted by Crippen LogP contribution is -1.74. The molecular formula is C2H6N2. The van der Waals surface area contributed by atoms with Crippen molar-refractivity contribution in [2.24, 2.45) is 10.9 Å². The molecule has 0 fully saturated rings. The van der Waals surface area contributed by atoms with E-state index in [4.69, 9.17) is 0 Å². The Morgan fingerprint density at radius 3 is 2.25 bits per heavy atom. The summed E-state index contributed by atoms with van der Waals surface area (Å²) in [4.78, 5) is 0. The lowest BCUT2D eigenvalue weighted by atomic mass is 10.9. The normalized spacial score (nSPS) is 9.25. The summed E-state index contributed by atoms with van der Waals surface area (Å²) in [6.45, 7) is 1.76. The average molecular weight is 58.1 g/mol. The van der Waals surface area contributed by atoms with Crippen LogP contribution in [0.4, 0.5) is 0 Å². The second-order valence-electron chi connectivity index (χ2n) is 0.407. The van der Waals surface area contributed by atoms with Gasteiger partial charge in [-0.3, -0.25) is 0 Å². The van der Waals surface area contributed by atoms with Crippen LogP contribution >= 0.6 is 0 Å². The number of rotatable bonds is 0. The molecule has 0 aliphatic heterocycles. The molecule has 0 aromatic carbocycles. The van der Waals surface area contributed by atoms with Crippen LogP contribution in [0.1, 0.15) is 6.92 Å². The van der Waals surface area contributed by atoms with Gasteiger partial charge in [0.15, 0.2) is 0 Å². The van der Waals surface area contributed by atoms with E-state index in [1.165, 1.54) is 6.21 Å². The van der Waals surface area contributed by atoms with E-state index in [9.17, 15) is 0 Å². The predicted molar refractivity (Wildman–Crippen MR) is 18.4 cm³/mol. The molecule has 0 spiro atoms. The maximum Gasteiger partial charge on any atom is 0.0209 e. The topological polar surface area (TPSA) is 38.4 Å². The minimum absolute atomic E-state index is 1.53. The molecule has 0 aromatic heterocycles. The first-order valence-electron chi connectivity index (χ1n) is 1.09. The van der Waals surface area contributed by atoms with Crippen LogP contribution in [0.15, 0.2) is 5.10 Å². The zero-order chi connectivity index (χ0) is 3.41. The van der Waals surface area contributed by atoms with Crippen LogP contribution in [0.25, 0.3) is 0 Å². The SMILES string of the molecule is C/C=N/N.